The van der Waals surface area contributed by atoms with Crippen molar-refractivity contribution in [2.45, 2.75) is 19.7 Å². The van der Waals surface area contributed by atoms with Crippen LogP contribution in [0.5, 0.6) is 0 Å². The molecule has 1 atom stereocenters. The Morgan fingerprint density at radius 1 is 1.09 bits per heavy atom. The molecule has 0 N–H and O–H groups in total. The first-order valence-corrected chi connectivity index (χ1v) is 8.32. The fourth-order valence-electron chi connectivity index (χ4n) is 1.62. The normalized spacial score (nSPS) is 12.5. The van der Waals surface area contributed by atoms with Gasteiger partial charge < -0.3 is 18.5 Å². The third kappa shape index (κ3) is 4.66. The second kappa shape index (κ2) is 8.68. The van der Waals surface area contributed by atoms with Gasteiger partial charge in [0.15, 0.2) is 0 Å². The molecule has 8 heteroatoms. The van der Waals surface area contributed by atoms with E-state index in [4.69, 9.17) is 13.8 Å². The average Bonchev–Trinajstić information content (AvgIpc) is 2.52. The SMILES string of the molecule is CCOP(=O)(OCC)C(OC(=O)c1ccccc1)C(=O)OC. The molecule has 0 aliphatic carbocycles. The van der Waals surface area contributed by atoms with E-state index in [1.54, 1.807) is 32.0 Å². The van der Waals surface area contributed by atoms with Crippen LogP contribution in [0, 0.1) is 0 Å². The Balaban J connectivity index is 3.05. The number of ether oxygens (including phenoxy) is 2. The summed E-state index contributed by atoms with van der Waals surface area (Å²) < 4.78 is 32.3. The summed E-state index contributed by atoms with van der Waals surface area (Å²) in [6.45, 7) is 3.21. The molecule has 122 valence electrons. The number of methoxy groups -OCH3 is 1. The highest BCUT2D eigenvalue weighted by molar-refractivity contribution is 7.55. The van der Waals surface area contributed by atoms with Crippen LogP contribution in [-0.2, 0) is 27.9 Å². The van der Waals surface area contributed by atoms with Gasteiger partial charge in [0.2, 0.25) is 0 Å². The second-order valence-corrected chi connectivity index (χ2v) is 6.09. The van der Waals surface area contributed by atoms with Crippen molar-refractivity contribution < 1.29 is 32.7 Å². The zero-order valence-corrected chi connectivity index (χ0v) is 13.6. The van der Waals surface area contributed by atoms with E-state index < -0.39 is 25.4 Å². The van der Waals surface area contributed by atoms with Gasteiger partial charge in [-0.05, 0) is 26.0 Å². The minimum atomic E-state index is -3.99. The van der Waals surface area contributed by atoms with Gasteiger partial charge in [-0.1, -0.05) is 18.2 Å². The molecule has 0 bridgehead atoms. The molecular formula is C14H19O7P. The summed E-state index contributed by atoms with van der Waals surface area (Å²) in [5.41, 5.74) is 0.205. The fourth-order valence-corrected chi connectivity index (χ4v) is 3.27. The number of hydrogen-bond acceptors (Lipinski definition) is 7. The predicted molar refractivity (Wildman–Crippen MR) is 78.5 cm³/mol. The molecule has 0 saturated heterocycles. The zero-order valence-electron chi connectivity index (χ0n) is 12.7. The first-order valence-electron chi connectivity index (χ1n) is 6.71. The van der Waals surface area contributed by atoms with E-state index in [2.05, 4.69) is 4.74 Å². The van der Waals surface area contributed by atoms with Crippen LogP contribution < -0.4 is 0 Å². The standard InChI is InChI=1S/C14H19O7P/c1-4-19-22(17,20-5-2)14(13(16)18-3)21-12(15)11-9-7-6-8-10-11/h6-10,14H,4-5H2,1-3H3. The largest absolute Gasteiger partial charge is 0.466 e. The van der Waals surface area contributed by atoms with Crippen LogP contribution in [-0.4, -0.2) is 38.1 Å². The van der Waals surface area contributed by atoms with Gasteiger partial charge in [0.1, 0.15) is 0 Å². The van der Waals surface area contributed by atoms with E-state index in [-0.39, 0.29) is 18.8 Å². The highest BCUT2D eigenvalue weighted by Crippen LogP contribution is 2.54. The number of rotatable bonds is 8. The van der Waals surface area contributed by atoms with Gasteiger partial charge in [-0.25, -0.2) is 9.59 Å². The highest BCUT2D eigenvalue weighted by atomic mass is 31.2. The Morgan fingerprint density at radius 3 is 2.09 bits per heavy atom. The Kier molecular flexibility index (Phi) is 7.24. The molecule has 0 heterocycles. The summed E-state index contributed by atoms with van der Waals surface area (Å²) in [6.07, 6.45) is 0. The van der Waals surface area contributed by atoms with Crippen LogP contribution in [0.4, 0.5) is 0 Å². The summed E-state index contributed by atoms with van der Waals surface area (Å²) in [5.74, 6) is -3.60. The molecule has 1 rings (SSSR count). The maximum atomic E-state index is 12.7. The van der Waals surface area contributed by atoms with Crippen LogP contribution in [0.25, 0.3) is 0 Å². The lowest BCUT2D eigenvalue weighted by atomic mass is 10.2. The van der Waals surface area contributed by atoms with Crippen molar-refractivity contribution in [2.24, 2.45) is 0 Å². The van der Waals surface area contributed by atoms with E-state index in [9.17, 15) is 14.2 Å². The van der Waals surface area contributed by atoms with Crippen molar-refractivity contribution in [1.82, 2.24) is 0 Å². The van der Waals surface area contributed by atoms with Gasteiger partial charge in [0.05, 0.1) is 25.9 Å². The first kappa shape index (κ1) is 18.4. The number of esters is 2. The Labute approximate surface area is 129 Å². The van der Waals surface area contributed by atoms with Gasteiger partial charge in [0.25, 0.3) is 5.85 Å². The summed E-state index contributed by atoms with van der Waals surface area (Å²) in [4.78, 5) is 23.9. The van der Waals surface area contributed by atoms with Crippen LogP contribution in [0.1, 0.15) is 24.2 Å². The molecule has 0 fully saturated rings. The highest BCUT2D eigenvalue weighted by Gasteiger charge is 2.45. The molecule has 0 spiro atoms. The lowest BCUT2D eigenvalue weighted by Crippen LogP contribution is -2.30. The van der Waals surface area contributed by atoms with E-state index in [1.807, 2.05) is 0 Å². The monoisotopic (exact) mass is 330 g/mol. The molecule has 1 unspecified atom stereocenters. The maximum absolute atomic E-state index is 12.7. The minimum absolute atomic E-state index is 0.0215. The molecule has 0 radical (unpaired) electrons. The maximum Gasteiger partial charge on any atom is 0.382 e. The predicted octanol–water partition coefficient (Wildman–Crippen LogP) is 2.61. The lowest BCUT2D eigenvalue weighted by Gasteiger charge is -2.24. The van der Waals surface area contributed by atoms with Crippen LogP contribution in [0.15, 0.2) is 30.3 Å². The topological polar surface area (TPSA) is 88.1 Å². The fraction of sp³-hybridized carbons (Fsp3) is 0.429. The summed E-state index contributed by atoms with van der Waals surface area (Å²) in [5, 5.41) is 0. The molecule has 22 heavy (non-hydrogen) atoms. The summed E-state index contributed by atoms with van der Waals surface area (Å²) in [7, 11) is -2.90. The van der Waals surface area contributed by atoms with Gasteiger partial charge in [-0.3, -0.25) is 4.57 Å². The van der Waals surface area contributed by atoms with Crippen LogP contribution >= 0.6 is 7.60 Å². The molecule has 0 saturated carbocycles. The number of carbonyl (C=O) groups excluding carboxylic acids is 2. The number of benzene rings is 1. The molecule has 0 amide bonds. The van der Waals surface area contributed by atoms with E-state index in [0.29, 0.717) is 0 Å². The first-order chi connectivity index (χ1) is 10.5. The smallest absolute Gasteiger partial charge is 0.382 e. The zero-order chi connectivity index (χ0) is 16.6. The molecular weight excluding hydrogens is 311 g/mol. The Morgan fingerprint density at radius 2 is 1.64 bits per heavy atom. The van der Waals surface area contributed by atoms with Gasteiger partial charge in [-0.15, -0.1) is 0 Å². The second-order valence-electron chi connectivity index (χ2n) is 4.02. The van der Waals surface area contributed by atoms with Crippen molar-refractivity contribution in [3.05, 3.63) is 35.9 Å². The molecule has 7 nitrogen and oxygen atoms in total. The lowest BCUT2D eigenvalue weighted by molar-refractivity contribution is -0.147. The van der Waals surface area contributed by atoms with Gasteiger partial charge >= 0.3 is 19.5 Å². The van der Waals surface area contributed by atoms with Gasteiger partial charge in [0, 0.05) is 0 Å². The van der Waals surface area contributed by atoms with E-state index in [0.717, 1.165) is 7.11 Å². The molecule has 1 aromatic rings. The van der Waals surface area contributed by atoms with Crippen LogP contribution in [0.3, 0.4) is 0 Å². The Hall–Kier alpha value is -1.69. The van der Waals surface area contributed by atoms with E-state index >= 15 is 0 Å². The average molecular weight is 330 g/mol. The van der Waals surface area contributed by atoms with Crippen LogP contribution in [0.2, 0.25) is 0 Å². The van der Waals surface area contributed by atoms with Crippen molar-refractivity contribution in [2.75, 3.05) is 20.3 Å². The van der Waals surface area contributed by atoms with Gasteiger partial charge in [-0.2, -0.15) is 0 Å². The molecule has 0 aliphatic heterocycles. The van der Waals surface area contributed by atoms with E-state index in [1.165, 1.54) is 12.1 Å². The number of carbonyl (C=O) groups is 2. The Bertz CT molecular complexity index is 533. The molecule has 1 aromatic carbocycles. The third-order valence-corrected chi connectivity index (χ3v) is 4.66. The van der Waals surface area contributed by atoms with Crippen molar-refractivity contribution >= 4 is 19.5 Å². The molecule has 0 aromatic heterocycles. The van der Waals surface area contributed by atoms with Crippen molar-refractivity contribution in [3.63, 3.8) is 0 Å². The summed E-state index contributed by atoms with van der Waals surface area (Å²) >= 11 is 0. The summed E-state index contributed by atoms with van der Waals surface area (Å²) in [6, 6.07) is 7.99. The number of hydrogen-bond donors (Lipinski definition) is 0. The molecule has 0 aliphatic rings. The van der Waals surface area contributed by atoms with Crippen molar-refractivity contribution in [1.29, 1.82) is 0 Å². The minimum Gasteiger partial charge on any atom is -0.466 e. The van der Waals surface area contributed by atoms with Crippen molar-refractivity contribution in [3.8, 4) is 0 Å². The quantitative estimate of drug-likeness (QED) is 0.535. The third-order valence-electron chi connectivity index (χ3n) is 2.54.